The molecule has 3 nitrogen and oxygen atoms in total. The zero-order valence-electron chi connectivity index (χ0n) is 12.4. The Morgan fingerprint density at radius 1 is 1.33 bits per heavy atom. The van der Waals surface area contributed by atoms with Crippen LogP contribution in [0.15, 0.2) is 41.0 Å². The molecule has 0 amide bonds. The first-order valence-corrected chi connectivity index (χ1v) is 8.08. The second kappa shape index (κ2) is 6.16. The highest BCUT2D eigenvalue weighted by Gasteiger charge is 2.27. The summed E-state index contributed by atoms with van der Waals surface area (Å²) in [4.78, 5) is 7.06. The molecule has 0 saturated heterocycles. The van der Waals surface area contributed by atoms with Gasteiger partial charge in [-0.05, 0) is 59.1 Å². The van der Waals surface area contributed by atoms with E-state index in [1.165, 1.54) is 16.7 Å². The summed E-state index contributed by atoms with van der Waals surface area (Å²) in [6.07, 6.45) is 3.00. The van der Waals surface area contributed by atoms with Crippen LogP contribution in [0.25, 0.3) is 0 Å². The zero-order valence-corrected chi connectivity index (χ0v) is 14.0. The number of benzene rings is 1. The van der Waals surface area contributed by atoms with Gasteiger partial charge < -0.3 is 10.2 Å². The Kier molecular flexibility index (Phi) is 4.27. The first kappa shape index (κ1) is 14.5. The van der Waals surface area contributed by atoms with Gasteiger partial charge in [0.25, 0.3) is 0 Å². The van der Waals surface area contributed by atoms with E-state index in [0.29, 0.717) is 6.04 Å². The standard InChI is InChI=1S/C17H20BrN3/c1-12-7-16(18)17(20-9-12)21-11-14-6-4-3-5-13(14)8-15(21)10-19-2/h3-7,9,15,19H,8,10-11H2,1-2H3. The van der Waals surface area contributed by atoms with Crippen LogP contribution in [0.4, 0.5) is 5.82 Å². The van der Waals surface area contributed by atoms with Gasteiger partial charge in [0.1, 0.15) is 5.82 Å². The molecule has 0 bridgehead atoms. The summed E-state index contributed by atoms with van der Waals surface area (Å²) in [6.45, 7) is 3.94. The van der Waals surface area contributed by atoms with E-state index in [1.54, 1.807) is 0 Å². The molecule has 0 radical (unpaired) electrons. The van der Waals surface area contributed by atoms with E-state index in [9.17, 15) is 0 Å². The topological polar surface area (TPSA) is 28.2 Å². The second-order valence-corrected chi connectivity index (χ2v) is 6.48. The van der Waals surface area contributed by atoms with Gasteiger partial charge in [-0.15, -0.1) is 0 Å². The lowest BCUT2D eigenvalue weighted by atomic mass is 9.94. The van der Waals surface area contributed by atoms with Crippen LogP contribution in [-0.2, 0) is 13.0 Å². The molecule has 0 aliphatic carbocycles. The van der Waals surface area contributed by atoms with Crippen LogP contribution >= 0.6 is 15.9 Å². The van der Waals surface area contributed by atoms with Gasteiger partial charge in [-0.3, -0.25) is 0 Å². The lowest BCUT2D eigenvalue weighted by Gasteiger charge is -2.38. The van der Waals surface area contributed by atoms with Crippen molar-refractivity contribution in [3.05, 3.63) is 57.7 Å². The van der Waals surface area contributed by atoms with Crippen molar-refractivity contribution in [1.29, 1.82) is 0 Å². The third kappa shape index (κ3) is 2.97. The first-order valence-electron chi connectivity index (χ1n) is 7.29. The number of nitrogens with one attached hydrogen (secondary N) is 1. The van der Waals surface area contributed by atoms with E-state index in [0.717, 1.165) is 29.8 Å². The maximum absolute atomic E-state index is 4.66. The molecule has 1 aliphatic heterocycles. The first-order chi connectivity index (χ1) is 10.2. The van der Waals surface area contributed by atoms with Gasteiger partial charge in [0, 0.05) is 25.3 Å². The lowest BCUT2D eigenvalue weighted by molar-refractivity contribution is 0.522. The summed E-state index contributed by atoms with van der Waals surface area (Å²) in [7, 11) is 2.01. The summed E-state index contributed by atoms with van der Waals surface area (Å²) in [6, 6.07) is 11.3. The normalized spacial score (nSPS) is 17.7. The summed E-state index contributed by atoms with van der Waals surface area (Å²) in [5, 5.41) is 3.31. The lowest BCUT2D eigenvalue weighted by Crippen LogP contribution is -2.46. The zero-order chi connectivity index (χ0) is 14.8. The van der Waals surface area contributed by atoms with Crippen LogP contribution in [0.3, 0.4) is 0 Å². The maximum atomic E-state index is 4.66. The van der Waals surface area contributed by atoms with E-state index < -0.39 is 0 Å². The monoisotopic (exact) mass is 345 g/mol. The van der Waals surface area contributed by atoms with Crippen molar-refractivity contribution in [2.45, 2.75) is 25.9 Å². The van der Waals surface area contributed by atoms with Gasteiger partial charge in [-0.1, -0.05) is 24.3 Å². The average molecular weight is 346 g/mol. The molecular formula is C17H20BrN3. The fourth-order valence-electron chi connectivity index (χ4n) is 2.99. The van der Waals surface area contributed by atoms with Gasteiger partial charge >= 0.3 is 0 Å². The number of likely N-dealkylation sites (N-methyl/N-ethyl adjacent to an activating group) is 1. The minimum Gasteiger partial charge on any atom is -0.347 e. The van der Waals surface area contributed by atoms with Crippen molar-refractivity contribution in [3.8, 4) is 0 Å². The molecule has 0 fully saturated rings. The Bertz CT molecular complexity index is 642. The average Bonchev–Trinajstić information content (AvgIpc) is 2.47. The number of nitrogens with zero attached hydrogens (tertiary/aromatic N) is 2. The van der Waals surface area contributed by atoms with Gasteiger partial charge in [0.15, 0.2) is 0 Å². The molecule has 1 aliphatic rings. The number of fused-ring (bicyclic) bond motifs is 1. The summed E-state index contributed by atoms with van der Waals surface area (Å²) < 4.78 is 1.07. The highest BCUT2D eigenvalue weighted by Crippen LogP contribution is 2.32. The highest BCUT2D eigenvalue weighted by atomic mass is 79.9. The van der Waals surface area contributed by atoms with Gasteiger partial charge in [-0.25, -0.2) is 4.98 Å². The molecule has 1 aromatic carbocycles. The van der Waals surface area contributed by atoms with E-state index in [1.807, 2.05) is 13.2 Å². The van der Waals surface area contributed by atoms with Crippen LogP contribution in [-0.4, -0.2) is 24.6 Å². The predicted octanol–water partition coefficient (Wildman–Crippen LogP) is 3.30. The van der Waals surface area contributed by atoms with E-state index in [-0.39, 0.29) is 0 Å². The number of rotatable bonds is 3. The highest BCUT2D eigenvalue weighted by molar-refractivity contribution is 9.10. The Balaban J connectivity index is 1.99. The minimum atomic E-state index is 0.427. The van der Waals surface area contributed by atoms with Crippen molar-refractivity contribution in [2.75, 3.05) is 18.5 Å². The number of aromatic nitrogens is 1. The molecule has 1 unspecified atom stereocenters. The van der Waals surface area contributed by atoms with E-state index >= 15 is 0 Å². The second-order valence-electron chi connectivity index (χ2n) is 5.63. The van der Waals surface area contributed by atoms with Gasteiger partial charge in [0.2, 0.25) is 0 Å². The Morgan fingerprint density at radius 2 is 2.10 bits per heavy atom. The van der Waals surface area contributed by atoms with Crippen LogP contribution in [0.1, 0.15) is 16.7 Å². The molecule has 2 heterocycles. The Morgan fingerprint density at radius 3 is 2.81 bits per heavy atom. The van der Waals surface area contributed by atoms with Crippen LogP contribution in [0, 0.1) is 6.92 Å². The molecule has 21 heavy (non-hydrogen) atoms. The van der Waals surface area contributed by atoms with Crippen LogP contribution < -0.4 is 10.2 Å². The predicted molar refractivity (Wildman–Crippen MR) is 90.7 cm³/mol. The Hall–Kier alpha value is -1.39. The van der Waals surface area contributed by atoms with E-state index in [4.69, 9.17) is 0 Å². The molecule has 110 valence electrons. The molecule has 4 heteroatoms. The van der Waals surface area contributed by atoms with Gasteiger partial charge in [-0.2, -0.15) is 0 Å². The molecule has 2 aromatic rings. The maximum Gasteiger partial charge on any atom is 0.143 e. The largest absolute Gasteiger partial charge is 0.347 e. The van der Waals surface area contributed by atoms with Crippen molar-refractivity contribution in [3.63, 3.8) is 0 Å². The quantitative estimate of drug-likeness (QED) is 0.924. The fraction of sp³-hybridized carbons (Fsp3) is 0.353. The molecule has 1 N–H and O–H groups in total. The van der Waals surface area contributed by atoms with E-state index in [2.05, 4.69) is 68.4 Å². The molecule has 0 spiro atoms. The molecule has 0 saturated carbocycles. The number of hydrogen-bond donors (Lipinski definition) is 1. The van der Waals surface area contributed by atoms with Crippen molar-refractivity contribution >= 4 is 21.7 Å². The summed E-state index contributed by atoms with van der Waals surface area (Å²) >= 11 is 3.68. The third-order valence-corrected chi connectivity index (χ3v) is 4.61. The smallest absolute Gasteiger partial charge is 0.143 e. The number of halogens is 1. The van der Waals surface area contributed by atoms with Gasteiger partial charge in [0.05, 0.1) is 4.47 Å². The Labute approximate surface area is 134 Å². The molecular weight excluding hydrogens is 326 g/mol. The molecule has 1 aromatic heterocycles. The number of aryl methyl sites for hydroxylation is 1. The SMILES string of the molecule is CNCC1Cc2ccccc2CN1c1ncc(C)cc1Br. The molecule has 3 rings (SSSR count). The van der Waals surface area contributed by atoms with Crippen LogP contribution in [0.5, 0.6) is 0 Å². The summed E-state index contributed by atoms with van der Waals surface area (Å²) in [5.41, 5.74) is 4.03. The number of hydrogen-bond acceptors (Lipinski definition) is 3. The minimum absolute atomic E-state index is 0.427. The third-order valence-electron chi connectivity index (χ3n) is 4.03. The number of anilines is 1. The van der Waals surface area contributed by atoms with Crippen molar-refractivity contribution < 1.29 is 0 Å². The fourth-order valence-corrected chi connectivity index (χ4v) is 3.68. The summed E-state index contributed by atoms with van der Waals surface area (Å²) in [5.74, 6) is 1.04. The van der Waals surface area contributed by atoms with Crippen molar-refractivity contribution in [1.82, 2.24) is 10.3 Å². The number of pyridine rings is 1. The molecule has 1 atom stereocenters. The van der Waals surface area contributed by atoms with Crippen LogP contribution in [0.2, 0.25) is 0 Å². The van der Waals surface area contributed by atoms with Crippen molar-refractivity contribution in [2.24, 2.45) is 0 Å².